The number of quaternary nitrogens is 1. The lowest BCUT2D eigenvalue weighted by atomic mass is 10.0. The number of thioether (sulfide) groups is 1. The predicted octanol–water partition coefficient (Wildman–Crippen LogP) is 0.0469. The molecule has 15 nitrogen and oxygen atoms in total. The van der Waals surface area contributed by atoms with E-state index in [0.717, 1.165) is 27.4 Å². The number of nitrogen functional groups attached to an aromatic ring is 1. The Balaban J connectivity index is 1.28. The van der Waals surface area contributed by atoms with E-state index in [1.807, 2.05) is 13.1 Å². The molecule has 3 N–H and O–H groups in total. The summed E-state index contributed by atoms with van der Waals surface area (Å²) in [5, 5.41) is 19.6. The van der Waals surface area contributed by atoms with Crippen LogP contribution in [0.1, 0.15) is 30.7 Å². The monoisotopic (exact) mass is 670 g/mol. The number of aromatic nitrogens is 1. The summed E-state index contributed by atoms with van der Waals surface area (Å²) in [5.41, 5.74) is 7.66. The van der Waals surface area contributed by atoms with Crippen molar-refractivity contribution in [2.45, 2.75) is 38.4 Å². The van der Waals surface area contributed by atoms with Crippen LogP contribution in [0.5, 0.6) is 11.5 Å². The molecule has 1 fully saturated rings. The molecule has 0 aliphatic carbocycles. The molecule has 242 valence electrons. The third-order valence-electron chi connectivity index (χ3n) is 7.38. The van der Waals surface area contributed by atoms with E-state index in [-0.39, 0.29) is 39.5 Å². The van der Waals surface area contributed by atoms with E-state index in [1.54, 1.807) is 18.2 Å². The molecule has 0 radical (unpaired) electrons. The number of carboxylic acids is 1. The Labute approximate surface area is 271 Å². The van der Waals surface area contributed by atoms with E-state index in [1.165, 1.54) is 38.1 Å². The molecule has 0 bridgehead atoms. The Hall–Kier alpha value is -4.74. The first-order valence-corrected chi connectivity index (χ1v) is 15.8. The molecule has 5 rings (SSSR count). The molecule has 3 aliphatic rings. The van der Waals surface area contributed by atoms with Crippen LogP contribution in [0.15, 0.2) is 46.1 Å². The second-order valence-corrected chi connectivity index (χ2v) is 13.0. The van der Waals surface area contributed by atoms with Gasteiger partial charge in [-0.1, -0.05) is 11.2 Å². The number of ether oxygens (including phenoxy) is 2. The minimum Gasteiger partial charge on any atom is -0.543 e. The van der Waals surface area contributed by atoms with Gasteiger partial charge in [0.25, 0.3) is 11.8 Å². The molecule has 1 saturated heterocycles. The molecule has 4 heterocycles. The smallest absolute Gasteiger partial charge is 0.308 e. The summed E-state index contributed by atoms with van der Waals surface area (Å²) in [6.07, 6.45) is 3.51. The summed E-state index contributed by atoms with van der Waals surface area (Å²) in [6, 6.07) is 2.38. The molecule has 0 spiro atoms. The van der Waals surface area contributed by atoms with Crippen molar-refractivity contribution >= 4 is 63.7 Å². The van der Waals surface area contributed by atoms with Gasteiger partial charge in [-0.2, -0.15) is 0 Å². The van der Waals surface area contributed by atoms with Crippen molar-refractivity contribution in [3.8, 4) is 11.5 Å². The second kappa shape index (κ2) is 12.9. The van der Waals surface area contributed by atoms with Gasteiger partial charge in [-0.05, 0) is 23.8 Å². The van der Waals surface area contributed by atoms with Gasteiger partial charge in [0.05, 0.1) is 25.3 Å². The Morgan fingerprint density at radius 2 is 1.80 bits per heavy atom. The normalized spacial score (nSPS) is 20.1. The number of benzene rings is 1. The highest BCUT2D eigenvalue weighted by atomic mass is 32.2. The number of nitrogens with one attached hydrogen (secondary N) is 1. The summed E-state index contributed by atoms with van der Waals surface area (Å²) in [4.78, 5) is 71.5. The Bertz CT molecular complexity index is 1690. The summed E-state index contributed by atoms with van der Waals surface area (Å²) in [6.45, 7) is 4.16. The van der Waals surface area contributed by atoms with E-state index in [0.29, 0.717) is 29.7 Å². The SMILES string of the molecule is CO/N=C(\C(=O)NC1C(=O)N2C(C(=O)[O-])=C(/C=C/C[N+]3(C)Cc4cc(OC(C)=O)c(OC(C)=O)cc4C3)CS[C@H]12)c1csc(N)n1. The molecule has 3 aliphatic heterocycles. The molecule has 46 heavy (non-hydrogen) atoms. The van der Waals surface area contributed by atoms with E-state index in [2.05, 4.69) is 15.5 Å². The quantitative estimate of drug-likeness (QED) is 0.0860. The number of hydrogen-bond acceptors (Lipinski definition) is 14. The zero-order valence-corrected chi connectivity index (χ0v) is 26.9. The van der Waals surface area contributed by atoms with Gasteiger partial charge in [-0.25, -0.2) is 4.98 Å². The van der Waals surface area contributed by atoms with Crippen molar-refractivity contribution in [1.82, 2.24) is 15.2 Å². The maximum atomic E-state index is 13.1. The van der Waals surface area contributed by atoms with Gasteiger partial charge in [0.1, 0.15) is 37.3 Å². The van der Waals surface area contributed by atoms with Crippen LogP contribution in [0.2, 0.25) is 0 Å². The average molecular weight is 671 g/mol. The first kappa shape index (κ1) is 32.6. The number of rotatable bonds is 10. The standard InChI is InChI=1S/C29H30N6O9S2/c1-14(36)43-20-8-17-10-35(3,11-18(17)9-21(20)44-15(2)37)7-5-6-16-12-45-27-23(26(39)34(27)24(16)28(40)41)32-25(38)22(33-42-4)19-13-46-29(30)31-19/h5-6,8-9,13,23,27H,7,10-12H2,1-4H3,(H3-,30,31,32,38,40,41)/b6-5+,33-22-/t23?,27-/m1/s1. The maximum Gasteiger partial charge on any atom is 0.308 e. The fourth-order valence-corrected chi connectivity index (χ4v) is 7.39. The molecule has 2 aromatic rings. The van der Waals surface area contributed by atoms with Gasteiger partial charge < -0.3 is 39.7 Å². The zero-order valence-electron chi connectivity index (χ0n) is 25.2. The van der Waals surface area contributed by atoms with Gasteiger partial charge in [0.2, 0.25) is 0 Å². The molecule has 1 aromatic carbocycles. The lowest BCUT2D eigenvalue weighted by Crippen LogP contribution is -2.71. The topological polar surface area (TPSA) is 203 Å². The summed E-state index contributed by atoms with van der Waals surface area (Å²) in [5.74, 6) is -3.35. The van der Waals surface area contributed by atoms with Crippen LogP contribution in [-0.2, 0) is 41.9 Å². The number of β-lactam (4-membered cyclic amide) rings is 1. The van der Waals surface area contributed by atoms with E-state index < -0.39 is 41.1 Å². The van der Waals surface area contributed by atoms with Crippen LogP contribution < -0.4 is 25.6 Å². The number of carbonyl (C=O) groups is 5. The predicted molar refractivity (Wildman–Crippen MR) is 164 cm³/mol. The van der Waals surface area contributed by atoms with Crippen LogP contribution in [0.4, 0.5) is 5.13 Å². The average Bonchev–Trinajstić information content (AvgIpc) is 3.55. The van der Waals surface area contributed by atoms with E-state index >= 15 is 0 Å². The third-order valence-corrected chi connectivity index (χ3v) is 9.36. The maximum absolute atomic E-state index is 13.1. The number of likely N-dealkylation sites (N-methyl/N-ethyl adjacent to an activating group) is 1. The number of anilines is 1. The number of thiazole rings is 1. The number of allylic oxidation sites excluding steroid dienone is 1. The van der Waals surface area contributed by atoms with Gasteiger partial charge in [0.15, 0.2) is 22.3 Å². The Morgan fingerprint density at radius 3 is 2.33 bits per heavy atom. The summed E-state index contributed by atoms with van der Waals surface area (Å²) >= 11 is 2.41. The lowest BCUT2D eigenvalue weighted by molar-refractivity contribution is -0.923. The van der Waals surface area contributed by atoms with Crippen LogP contribution >= 0.6 is 23.1 Å². The number of esters is 2. The molecule has 0 saturated carbocycles. The van der Waals surface area contributed by atoms with E-state index in [9.17, 15) is 29.1 Å². The minimum absolute atomic E-state index is 0.159. The fourth-order valence-electron chi connectivity index (χ4n) is 5.53. The van der Waals surface area contributed by atoms with Crippen molar-refractivity contribution in [2.24, 2.45) is 5.16 Å². The number of aliphatic carboxylic acids is 1. The molecule has 1 unspecified atom stereocenters. The van der Waals surface area contributed by atoms with Crippen molar-refractivity contribution in [2.75, 3.05) is 32.2 Å². The highest BCUT2D eigenvalue weighted by Crippen LogP contribution is 2.41. The summed E-state index contributed by atoms with van der Waals surface area (Å²) < 4.78 is 11.0. The number of carbonyl (C=O) groups excluding carboxylic acids is 5. The number of amides is 2. The fraction of sp³-hybridized carbons (Fsp3) is 0.345. The van der Waals surface area contributed by atoms with Crippen molar-refractivity contribution in [1.29, 1.82) is 0 Å². The number of nitrogens with zero attached hydrogens (tertiary/aromatic N) is 4. The molecule has 2 amide bonds. The third kappa shape index (κ3) is 6.61. The van der Waals surface area contributed by atoms with Crippen LogP contribution in [0, 0.1) is 0 Å². The molecular formula is C29H30N6O9S2. The largest absolute Gasteiger partial charge is 0.543 e. The van der Waals surface area contributed by atoms with Gasteiger partial charge in [-0.3, -0.25) is 24.1 Å². The summed E-state index contributed by atoms with van der Waals surface area (Å²) in [7, 11) is 3.27. The first-order valence-electron chi connectivity index (χ1n) is 13.9. The first-order chi connectivity index (χ1) is 21.8. The van der Waals surface area contributed by atoms with Gasteiger partial charge in [-0.15, -0.1) is 23.1 Å². The Kier molecular flexibility index (Phi) is 9.18. The van der Waals surface area contributed by atoms with Crippen molar-refractivity contribution in [3.05, 3.63) is 57.8 Å². The van der Waals surface area contributed by atoms with Crippen LogP contribution in [0.3, 0.4) is 0 Å². The lowest BCUT2D eigenvalue weighted by Gasteiger charge is -2.50. The highest BCUT2D eigenvalue weighted by molar-refractivity contribution is 8.00. The van der Waals surface area contributed by atoms with Gasteiger partial charge >= 0.3 is 11.9 Å². The second-order valence-electron chi connectivity index (χ2n) is 11.0. The molecular weight excluding hydrogens is 640 g/mol. The number of carboxylic acid groups (broad SMARTS) is 1. The number of oxime groups is 1. The molecule has 2 atom stereocenters. The minimum atomic E-state index is -1.51. The van der Waals surface area contributed by atoms with E-state index in [4.69, 9.17) is 20.0 Å². The van der Waals surface area contributed by atoms with Crippen molar-refractivity contribution < 1.29 is 47.9 Å². The Morgan fingerprint density at radius 1 is 1.17 bits per heavy atom. The van der Waals surface area contributed by atoms with Crippen LogP contribution in [-0.4, -0.2) is 87.7 Å². The highest BCUT2D eigenvalue weighted by Gasteiger charge is 2.53. The number of hydrogen-bond donors (Lipinski definition) is 2. The molecule has 1 aromatic heterocycles. The van der Waals surface area contributed by atoms with Crippen molar-refractivity contribution in [3.63, 3.8) is 0 Å². The van der Waals surface area contributed by atoms with Gasteiger partial charge in [0, 0.05) is 36.1 Å². The molecule has 17 heteroatoms. The number of fused-ring (bicyclic) bond motifs is 2. The van der Waals surface area contributed by atoms with Crippen LogP contribution in [0.25, 0.3) is 0 Å². The zero-order chi connectivity index (χ0) is 33.3. The number of nitrogens with two attached hydrogens (primary N) is 1.